The molecule has 0 saturated carbocycles. The summed E-state index contributed by atoms with van der Waals surface area (Å²) in [5, 5.41) is 0. The Balaban J connectivity index is 2.65. The first-order valence-corrected chi connectivity index (χ1v) is 8.05. The van der Waals surface area contributed by atoms with Crippen LogP contribution in [0, 0.1) is 5.92 Å². The summed E-state index contributed by atoms with van der Waals surface area (Å²) < 4.78 is 5.26. The Labute approximate surface area is 123 Å². The summed E-state index contributed by atoms with van der Waals surface area (Å²) >= 11 is 0. The fourth-order valence-electron chi connectivity index (χ4n) is 2.41. The average molecular weight is 279 g/mol. The Bertz CT molecular complexity index is 359. The topological polar surface area (TPSA) is 33.5 Å². The molecule has 0 aromatic carbocycles. The standard InChI is InChI=1S/C17H29NO2/c1-4-7-10-15(6-3)14-18(12-8-5-2)17(19)16-11-9-13-20-16/h9,11,13,15H,4-8,10,12,14H2,1-3H3. The van der Waals surface area contributed by atoms with Crippen LogP contribution in [-0.4, -0.2) is 23.9 Å². The summed E-state index contributed by atoms with van der Waals surface area (Å²) in [7, 11) is 0. The van der Waals surface area contributed by atoms with Crippen molar-refractivity contribution in [3.8, 4) is 0 Å². The lowest BCUT2D eigenvalue weighted by atomic mass is 9.98. The van der Waals surface area contributed by atoms with Gasteiger partial charge >= 0.3 is 0 Å². The van der Waals surface area contributed by atoms with E-state index in [2.05, 4.69) is 20.8 Å². The number of carbonyl (C=O) groups is 1. The van der Waals surface area contributed by atoms with Crippen LogP contribution in [0.15, 0.2) is 22.8 Å². The summed E-state index contributed by atoms with van der Waals surface area (Å²) in [6, 6.07) is 3.54. The predicted molar refractivity (Wildman–Crippen MR) is 82.8 cm³/mol. The maximum atomic E-state index is 12.5. The van der Waals surface area contributed by atoms with Crippen molar-refractivity contribution >= 4 is 5.91 Å². The zero-order valence-electron chi connectivity index (χ0n) is 13.2. The van der Waals surface area contributed by atoms with E-state index < -0.39 is 0 Å². The molecule has 1 aromatic rings. The molecule has 0 bridgehead atoms. The van der Waals surface area contributed by atoms with Gasteiger partial charge in [-0.05, 0) is 30.9 Å². The lowest BCUT2D eigenvalue weighted by molar-refractivity contribution is 0.0688. The van der Waals surface area contributed by atoms with Gasteiger partial charge in [-0.25, -0.2) is 0 Å². The summed E-state index contributed by atoms with van der Waals surface area (Å²) in [6.45, 7) is 8.28. The number of carbonyl (C=O) groups excluding carboxylic acids is 1. The van der Waals surface area contributed by atoms with Gasteiger partial charge in [-0.2, -0.15) is 0 Å². The van der Waals surface area contributed by atoms with Gasteiger partial charge in [0.05, 0.1) is 6.26 Å². The van der Waals surface area contributed by atoms with Gasteiger partial charge in [-0.15, -0.1) is 0 Å². The van der Waals surface area contributed by atoms with Crippen LogP contribution in [0.3, 0.4) is 0 Å². The molecule has 0 N–H and O–H groups in total. The summed E-state index contributed by atoms with van der Waals surface area (Å²) in [5.74, 6) is 1.11. The molecule has 3 heteroatoms. The average Bonchev–Trinajstić information content (AvgIpc) is 3.00. The van der Waals surface area contributed by atoms with Gasteiger partial charge in [-0.1, -0.05) is 46.5 Å². The van der Waals surface area contributed by atoms with Gasteiger partial charge in [0.15, 0.2) is 5.76 Å². The number of nitrogens with zero attached hydrogens (tertiary/aromatic N) is 1. The zero-order valence-corrected chi connectivity index (χ0v) is 13.2. The Morgan fingerprint density at radius 1 is 1.25 bits per heavy atom. The van der Waals surface area contributed by atoms with Crippen molar-refractivity contribution in [1.82, 2.24) is 4.90 Å². The summed E-state index contributed by atoms with van der Waals surface area (Å²) in [4.78, 5) is 14.4. The fourth-order valence-corrected chi connectivity index (χ4v) is 2.41. The van der Waals surface area contributed by atoms with E-state index in [0.717, 1.165) is 32.4 Å². The largest absolute Gasteiger partial charge is 0.459 e. The maximum absolute atomic E-state index is 12.5. The third kappa shape index (κ3) is 5.40. The van der Waals surface area contributed by atoms with E-state index in [4.69, 9.17) is 4.42 Å². The molecule has 1 rings (SSSR count). The van der Waals surface area contributed by atoms with E-state index in [1.165, 1.54) is 19.3 Å². The minimum atomic E-state index is 0.0402. The number of amides is 1. The van der Waals surface area contributed by atoms with Gasteiger partial charge in [0, 0.05) is 13.1 Å². The SMILES string of the molecule is CCCCC(CC)CN(CCCC)C(=O)c1ccco1. The second-order valence-corrected chi connectivity index (χ2v) is 5.50. The van der Waals surface area contributed by atoms with E-state index in [1.807, 2.05) is 4.90 Å². The highest BCUT2D eigenvalue weighted by molar-refractivity contribution is 5.91. The molecule has 0 spiro atoms. The molecule has 0 aliphatic heterocycles. The highest BCUT2D eigenvalue weighted by Crippen LogP contribution is 2.17. The van der Waals surface area contributed by atoms with Crippen LogP contribution in [0.5, 0.6) is 0 Å². The first-order valence-electron chi connectivity index (χ1n) is 8.05. The number of furan rings is 1. The maximum Gasteiger partial charge on any atom is 0.289 e. The predicted octanol–water partition coefficient (Wildman–Crippen LogP) is 4.74. The Hall–Kier alpha value is -1.25. The molecule has 0 fully saturated rings. The van der Waals surface area contributed by atoms with Crippen molar-refractivity contribution in [3.63, 3.8) is 0 Å². The van der Waals surface area contributed by atoms with Crippen molar-refractivity contribution in [2.24, 2.45) is 5.92 Å². The molecule has 0 radical (unpaired) electrons. The molecule has 1 amide bonds. The Morgan fingerprint density at radius 3 is 2.55 bits per heavy atom. The van der Waals surface area contributed by atoms with Crippen molar-refractivity contribution in [2.75, 3.05) is 13.1 Å². The van der Waals surface area contributed by atoms with Crippen LogP contribution < -0.4 is 0 Å². The Morgan fingerprint density at radius 2 is 2.00 bits per heavy atom. The van der Waals surface area contributed by atoms with Gasteiger partial charge < -0.3 is 9.32 Å². The molecular formula is C17H29NO2. The molecule has 114 valence electrons. The molecular weight excluding hydrogens is 250 g/mol. The molecule has 1 heterocycles. The Kier molecular flexibility index (Phi) is 8.08. The van der Waals surface area contributed by atoms with Gasteiger partial charge in [0.2, 0.25) is 0 Å². The number of hydrogen-bond donors (Lipinski definition) is 0. The third-order valence-electron chi connectivity index (χ3n) is 3.82. The lowest BCUT2D eigenvalue weighted by Gasteiger charge is -2.26. The molecule has 1 unspecified atom stereocenters. The molecule has 20 heavy (non-hydrogen) atoms. The van der Waals surface area contributed by atoms with Crippen LogP contribution in [-0.2, 0) is 0 Å². The lowest BCUT2D eigenvalue weighted by Crippen LogP contribution is -2.36. The fraction of sp³-hybridized carbons (Fsp3) is 0.706. The van der Waals surface area contributed by atoms with E-state index >= 15 is 0 Å². The number of hydrogen-bond acceptors (Lipinski definition) is 2. The number of unbranched alkanes of at least 4 members (excludes halogenated alkanes) is 2. The number of rotatable bonds is 10. The van der Waals surface area contributed by atoms with E-state index in [0.29, 0.717) is 11.7 Å². The smallest absolute Gasteiger partial charge is 0.289 e. The van der Waals surface area contributed by atoms with Crippen LogP contribution in [0.2, 0.25) is 0 Å². The first kappa shape index (κ1) is 16.8. The minimum Gasteiger partial charge on any atom is -0.459 e. The van der Waals surface area contributed by atoms with E-state index in [-0.39, 0.29) is 5.91 Å². The highest BCUT2D eigenvalue weighted by atomic mass is 16.3. The van der Waals surface area contributed by atoms with Gasteiger partial charge in [-0.3, -0.25) is 4.79 Å². The molecule has 0 saturated heterocycles. The van der Waals surface area contributed by atoms with Crippen LogP contribution in [0.4, 0.5) is 0 Å². The van der Waals surface area contributed by atoms with Crippen LogP contribution in [0.1, 0.15) is 69.9 Å². The van der Waals surface area contributed by atoms with E-state index in [1.54, 1.807) is 18.4 Å². The van der Waals surface area contributed by atoms with Crippen LogP contribution >= 0.6 is 0 Å². The monoisotopic (exact) mass is 279 g/mol. The van der Waals surface area contributed by atoms with Crippen LogP contribution in [0.25, 0.3) is 0 Å². The minimum absolute atomic E-state index is 0.0402. The van der Waals surface area contributed by atoms with Crippen molar-refractivity contribution < 1.29 is 9.21 Å². The second-order valence-electron chi connectivity index (χ2n) is 5.50. The summed E-state index contributed by atoms with van der Waals surface area (Å²) in [6.07, 6.45) is 8.53. The van der Waals surface area contributed by atoms with Gasteiger partial charge in [0.25, 0.3) is 5.91 Å². The second kappa shape index (κ2) is 9.62. The van der Waals surface area contributed by atoms with Crippen molar-refractivity contribution in [2.45, 2.75) is 59.3 Å². The van der Waals surface area contributed by atoms with Crippen molar-refractivity contribution in [1.29, 1.82) is 0 Å². The normalized spacial score (nSPS) is 12.3. The quantitative estimate of drug-likeness (QED) is 0.620. The zero-order chi connectivity index (χ0) is 14.8. The van der Waals surface area contributed by atoms with Gasteiger partial charge in [0.1, 0.15) is 0 Å². The molecule has 0 aliphatic carbocycles. The highest BCUT2D eigenvalue weighted by Gasteiger charge is 2.20. The summed E-state index contributed by atoms with van der Waals surface area (Å²) in [5.41, 5.74) is 0. The van der Waals surface area contributed by atoms with E-state index in [9.17, 15) is 4.79 Å². The first-order chi connectivity index (χ1) is 9.72. The molecule has 1 aromatic heterocycles. The van der Waals surface area contributed by atoms with Crippen molar-refractivity contribution in [3.05, 3.63) is 24.2 Å². The molecule has 0 aliphatic rings. The third-order valence-corrected chi connectivity index (χ3v) is 3.82. The molecule has 3 nitrogen and oxygen atoms in total. The molecule has 1 atom stereocenters.